The lowest BCUT2D eigenvalue weighted by Gasteiger charge is -1.94. The number of rotatable bonds is 1. The average molecular weight is 308 g/mol. The molecule has 1 aromatic rings. The number of hydrogen-bond donors (Lipinski definition) is 1. The van der Waals surface area contributed by atoms with E-state index in [2.05, 4.69) is 31.9 Å². The first-order valence-electron chi connectivity index (χ1n) is 2.95. The summed E-state index contributed by atoms with van der Waals surface area (Å²) in [4.78, 5) is 0. The van der Waals surface area contributed by atoms with Gasteiger partial charge in [0.1, 0.15) is 0 Å². The molecule has 0 aliphatic carbocycles. The highest BCUT2D eigenvalue weighted by Crippen LogP contribution is 2.34. The largest absolute Gasteiger partial charge is 0.398 e. The van der Waals surface area contributed by atoms with Gasteiger partial charge in [0, 0.05) is 11.6 Å². The van der Waals surface area contributed by atoms with Crippen LogP contribution in [0.5, 0.6) is 0 Å². The fourth-order valence-corrected chi connectivity index (χ4v) is 3.55. The number of nitriles is 1. The molecule has 0 atom stereocenters. The minimum Gasteiger partial charge on any atom is -0.398 e. The van der Waals surface area contributed by atoms with Gasteiger partial charge in [-0.1, -0.05) is 0 Å². The van der Waals surface area contributed by atoms with Gasteiger partial charge < -0.3 is 5.73 Å². The highest BCUT2D eigenvalue weighted by atomic mass is 79.9. The molecule has 12 heavy (non-hydrogen) atoms. The zero-order valence-corrected chi connectivity index (χ0v) is 9.83. The number of thiophene rings is 1. The predicted molar refractivity (Wildman–Crippen MR) is 57.5 cm³/mol. The third kappa shape index (κ3) is 2.09. The van der Waals surface area contributed by atoms with Crippen molar-refractivity contribution in [2.24, 2.45) is 5.73 Å². The normalized spacial score (nSPS) is 11.2. The van der Waals surface area contributed by atoms with Gasteiger partial charge in [-0.05, 0) is 37.9 Å². The van der Waals surface area contributed by atoms with Gasteiger partial charge in [0.15, 0.2) is 0 Å². The molecule has 0 unspecified atom stereocenters. The topological polar surface area (TPSA) is 49.8 Å². The van der Waals surface area contributed by atoms with Crippen molar-refractivity contribution in [2.75, 3.05) is 0 Å². The van der Waals surface area contributed by atoms with Crippen LogP contribution < -0.4 is 5.73 Å². The number of allylic oxidation sites excluding steroid dienone is 1. The minimum absolute atomic E-state index is 0.478. The molecule has 0 fully saturated rings. The molecule has 0 aliphatic rings. The molecule has 2 N–H and O–H groups in total. The molecular weight excluding hydrogens is 304 g/mol. The number of nitrogens with two attached hydrogens (primary N) is 1. The second kappa shape index (κ2) is 4.08. The van der Waals surface area contributed by atoms with Crippen LogP contribution in [0.3, 0.4) is 0 Å². The van der Waals surface area contributed by atoms with E-state index in [-0.39, 0.29) is 0 Å². The summed E-state index contributed by atoms with van der Waals surface area (Å²) < 4.78 is 1.91. The van der Waals surface area contributed by atoms with Crippen LogP contribution >= 0.6 is 43.2 Å². The zero-order valence-electron chi connectivity index (χ0n) is 5.84. The second-order valence-corrected chi connectivity index (χ2v) is 5.72. The van der Waals surface area contributed by atoms with E-state index in [9.17, 15) is 0 Å². The van der Waals surface area contributed by atoms with E-state index in [4.69, 9.17) is 11.0 Å². The van der Waals surface area contributed by atoms with Crippen molar-refractivity contribution in [2.45, 2.75) is 0 Å². The Morgan fingerprint density at radius 1 is 1.67 bits per heavy atom. The first-order valence-corrected chi connectivity index (χ1v) is 5.36. The van der Waals surface area contributed by atoms with Gasteiger partial charge in [0.25, 0.3) is 0 Å². The Morgan fingerprint density at radius 3 is 2.75 bits per heavy atom. The molecule has 0 saturated heterocycles. The Morgan fingerprint density at radius 2 is 2.33 bits per heavy atom. The van der Waals surface area contributed by atoms with E-state index in [1.54, 1.807) is 0 Å². The van der Waals surface area contributed by atoms with Crippen molar-refractivity contribution in [1.29, 1.82) is 5.26 Å². The fraction of sp³-hybridized carbons (Fsp3) is 0. The summed E-state index contributed by atoms with van der Waals surface area (Å²) in [6.45, 7) is 0. The van der Waals surface area contributed by atoms with E-state index in [0.29, 0.717) is 5.70 Å². The smallest absolute Gasteiger partial charge is 0.0933 e. The average Bonchev–Trinajstić information content (AvgIpc) is 2.30. The lowest BCUT2D eigenvalue weighted by molar-refractivity contribution is 1.50. The monoisotopic (exact) mass is 306 g/mol. The summed E-state index contributed by atoms with van der Waals surface area (Å²) >= 11 is 8.20. The van der Waals surface area contributed by atoms with Crippen molar-refractivity contribution in [3.63, 3.8) is 0 Å². The van der Waals surface area contributed by atoms with E-state index < -0.39 is 0 Å². The van der Waals surface area contributed by atoms with E-state index >= 15 is 0 Å². The minimum atomic E-state index is 0.478. The van der Waals surface area contributed by atoms with Gasteiger partial charge in [-0.15, -0.1) is 11.3 Å². The van der Waals surface area contributed by atoms with Crippen LogP contribution in [0.2, 0.25) is 0 Å². The highest BCUT2D eigenvalue weighted by Gasteiger charge is 2.06. The summed E-state index contributed by atoms with van der Waals surface area (Å²) in [6.07, 6.45) is 1.32. The fourth-order valence-electron chi connectivity index (χ4n) is 0.684. The quantitative estimate of drug-likeness (QED) is 0.811. The number of hydrogen-bond acceptors (Lipinski definition) is 3. The zero-order chi connectivity index (χ0) is 9.14. The first-order chi connectivity index (χ1) is 5.65. The maximum atomic E-state index is 8.37. The molecule has 2 nitrogen and oxygen atoms in total. The van der Waals surface area contributed by atoms with Crippen molar-refractivity contribution in [1.82, 2.24) is 0 Å². The first kappa shape index (κ1) is 9.78. The third-order valence-corrected chi connectivity index (χ3v) is 3.53. The van der Waals surface area contributed by atoms with Gasteiger partial charge in [0.2, 0.25) is 0 Å². The third-order valence-electron chi connectivity index (χ3n) is 1.19. The van der Waals surface area contributed by atoms with Crippen LogP contribution in [0.1, 0.15) is 5.56 Å². The molecule has 5 heteroatoms. The predicted octanol–water partition coefficient (Wildman–Crippen LogP) is 3.10. The van der Waals surface area contributed by atoms with Crippen LogP contribution in [0.15, 0.2) is 19.7 Å². The summed E-state index contributed by atoms with van der Waals surface area (Å²) in [5.74, 6) is 0. The van der Waals surface area contributed by atoms with Crippen LogP contribution in [-0.2, 0) is 0 Å². The standard InChI is InChI=1S/C7H4Br2N2S/c8-6-3-4(7(9)12-6)5(11)1-2-10/h1,3H,11H2/b5-1+. The van der Waals surface area contributed by atoms with Gasteiger partial charge in [-0.3, -0.25) is 0 Å². The molecule has 0 spiro atoms. The molecule has 1 heterocycles. The molecule has 0 saturated carbocycles. The second-order valence-electron chi connectivity index (χ2n) is 1.97. The van der Waals surface area contributed by atoms with Crippen LogP contribution in [0, 0.1) is 11.3 Å². The molecule has 1 rings (SSSR count). The highest BCUT2D eigenvalue weighted by molar-refractivity contribution is 9.12. The molecule has 1 aromatic heterocycles. The van der Waals surface area contributed by atoms with Crippen LogP contribution in [0.25, 0.3) is 5.70 Å². The van der Waals surface area contributed by atoms with Crippen molar-refractivity contribution < 1.29 is 0 Å². The molecule has 0 aliphatic heterocycles. The van der Waals surface area contributed by atoms with Gasteiger partial charge in [-0.25, -0.2) is 0 Å². The molecule has 62 valence electrons. The Hall–Kier alpha value is -0.310. The number of halogens is 2. The maximum Gasteiger partial charge on any atom is 0.0933 e. The lowest BCUT2D eigenvalue weighted by Crippen LogP contribution is -1.93. The Labute approximate surface area is 90.9 Å². The summed E-state index contributed by atoms with van der Waals surface area (Å²) in [5, 5.41) is 8.37. The summed E-state index contributed by atoms with van der Waals surface area (Å²) in [7, 11) is 0. The molecule has 0 radical (unpaired) electrons. The van der Waals surface area contributed by atoms with Crippen molar-refractivity contribution >= 4 is 48.9 Å². The van der Waals surface area contributed by atoms with E-state index in [1.165, 1.54) is 17.4 Å². The SMILES string of the molecule is N#C/C=C(/N)c1cc(Br)sc1Br. The van der Waals surface area contributed by atoms with E-state index in [0.717, 1.165) is 13.1 Å². The maximum absolute atomic E-state index is 8.37. The summed E-state index contributed by atoms with van der Waals surface area (Å²) in [6, 6.07) is 3.76. The molecule has 0 amide bonds. The Kier molecular flexibility index (Phi) is 3.32. The van der Waals surface area contributed by atoms with Crippen LogP contribution in [0.4, 0.5) is 0 Å². The van der Waals surface area contributed by atoms with Gasteiger partial charge in [0.05, 0.1) is 19.3 Å². The van der Waals surface area contributed by atoms with Crippen molar-refractivity contribution in [3.05, 3.63) is 25.3 Å². The summed E-state index contributed by atoms with van der Waals surface area (Å²) in [5.41, 5.74) is 6.95. The Balaban J connectivity index is 3.12. The van der Waals surface area contributed by atoms with Gasteiger partial charge >= 0.3 is 0 Å². The van der Waals surface area contributed by atoms with Gasteiger partial charge in [-0.2, -0.15) is 5.26 Å². The molecule has 0 aromatic carbocycles. The molecule has 0 bridgehead atoms. The lowest BCUT2D eigenvalue weighted by atomic mass is 10.2. The Bertz CT molecular complexity index is 362. The van der Waals surface area contributed by atoms with E-state index in [1.807, 2.05) is 12.1 Å². The molecular formula is C7H4Br2N2S. The number of nitrogens with zero attached hydrogens (tertiary/aromatic N) is 1. The van der Waals surface area contributed by atoms with Crippen molar-refractivity contribution in [3.8, 4) is 6.07 Å². The van der Waals surface area contributed by atoms with Crippen LogP contribution in [-0.4, -0.2) is 0 Å².